The van der Waals surface area contributed by atoms with E-state index in [4.69, 9.17) is 10.2 Å². The summed E-state index contributed by atoms with van der Waals surface area (Å²) in [7, 11) is 0. The molecule has 2 atom stereocenters. The van der Waals surface area contributed by atoms with Gasteiger partial charge in [-0.05, 0) is 19.3 Å². The Hall–Kier alpha value is -0.0800. The first kappa shape index (κ1) is 7.03. The fourth-order valence-corrected chi connectivity index (χ4v) is 0.892. The van der Waals surface area contributed by atoms with Crippen LogP contribution >= 0.6 is 0 Å². The molecule has 9 heavy (non-hydrogen) atoms. The summed E-state index contributed by atoms with van der Waals surface area (Å²) in [6, 6.07) is 0. The standard InChI is InChI=1S/C7H14O2/c1-5(8)7(9)4-6-2-3-6/h5-9H,2-4H2,1H3. The lowest BCUT2D eigenvalue weighted by molar-refractivity contribution is 0.0228. The summed E-state index contributed by atoms with van der Waals surface area (Å²) in [5, 5.41) is 17.9. The zero-order chi connectivity index (χ0) is 6.85. The first-order chi connectivity index (χ1) is 4.20. The largest absolute Gasteiger partial charge is 0.391 e. The van der Waals surface area contributed by atoms with Gasteiger partial charge in [0.05, 0.1) is 12.2 Å². The minimum absolute atomic E-state index is 0.488. The predicted molar refractivity (Wildman–Crippen MR) is 35.0 cm³/mol. The number of aliphatic hydroxyl groups excluding tert-OH is 2. The van der Waals surface area contributed by atoms with Gasteiger partial charge >= 0.3 is 0 Å². The van der Waals surface area contributed by atoms with Gasteiger partial charge in [-0.1, -0.05) is 12.8 Å². The van der Waals surface area contributed by atoms with Gasteiger partial charge in [0.25, 0.3) is 0 Å². The van der Waals surface area contributed by atoms with E-state index in [0.717, 1.165) is 6.42 Å². The third-order valence-electron chi connectivity index (χ3n) is 1.83. The molecule has 0 aromatic rings. The molecule has 2 unspecified atom stereocenters. The topological polar surface area (TPSA) is 40.5 Å². The number of hydrogen-bond donors (Lipinski definition) is 2. The predicted octanol–water partition coefficient (Wildman–Crippen LogP) is 0.528. The van der Waals surface area contributed by atoms with Crippen molar-refractivity contribution in [2.45, 2.75) is 38.4 Å². The van der Waals surface area contributed by atoms with Crippen molar-refractivity contribution in [3.63, 3.8) is 0 Å². The lowest BCUT2D eigenvalue weighted by atomic mass is 10.1. The Morgan fingerprint density at radius 2 is 2.00 bits per heavy atom. The average Bonchev–Trinajstić information content (AvgIpc) is 2.50. The lowest BCUT2D eigenvalue weighted by Crippen LogP contribution is -2.22. The maximum Gasteiger partial charge on any atom is 0.0799 e. The van der Waals surface area contributed by atoms with Crippen LogP contribution in [0.15, 0.2) is 0 Å². The highest BCUT2D eigenvalue weighted by Gasteiger charge is 2.26. The molecule has 0 aromatic carbocycles. The Labute approximate surface area is 55.5 Å². The Balaban J connectivity index is 2.09. The molecular weight excluding hydrogens is 116 g/mol. The average molecular weight is 130 g/mol. The van der Waals surface area contributed by atoms with Crippen LogP contribution in [0.2, 0.25) is 0 Å². The molecule has 0 bridgehead atoms. The van der Waals surface area contributed by atoms with E-state index in [1.165, 1.54) is 12.8 Å². The van der Waals surface area contributed by atoms with Crippen molar-refractivity contribution in [2.24, 2.45) is 5.92 Å². The second-order valence-corrected chi connectivity index (χ2v) is 2.99. The molecule has 1 rings (SSSR count). The van der Waals surface area contributed by atoms with E-state index < -0.39 is 12.2 Å². The molecule has 0 spiro atoms. The van der Waals surface area contributed by atoms with Crippen LogP contribution in [0.25, 0.3) is 0 Å². The van der Waals surface area contributed by atoms with E-state index in [-0.39, 0.29) is 0 Å². The highest BCUT2D eigenvalue weighted by atomic mass is 16.3. The summed E-state index contributed by atoms with van der Waals surface area (Å²) in [6.07, 6.45) is 2.23. The molecular formula is C7H14O2. The number of aliphatic hydroxyl groups is 2. The van der Waals surface area contributed by atoms with E-state index >= 15 is 0 Å². The minimum atomic E-state index is -0.550. The first-order valence-corrected chi connectivity index (χ1v) is 3.56. The van der Waals surface area contributed by atoms with Crippen molar-refractivity contribution >= 4 is 0 Å². The molecule has 0 amide bonds. The van der Waals surface area contributed by atoms with Crippen molar-refractivity contribution < 1.29 is 10.2 Å². The molecule has 0 radical (unpaired) electrons. The third kappa shape index (κ3) is 2.33. The second-order valence-electron chi connectivity index (χ2n) is 2.99. The third-order valence-corrected chi connectivity index (χ3v) is 1.83. The van der Waals surface area contributed by atoms with Crippen molar-refractivity contribution in [2.75, 3.05) is 0 Å². The summed E-state index contributed by atoms with van der Waals surface area (Å²) < 4.78 is 0. The fourth-order valence-electron chi connectivity index (χ4n) is 0.892. The molecule has 2 nitrogen and oxygen atoms in total. The molecule has 1 aliphatic carbocycles. The molecule has 54 valence electrons. The van der Waals surface area contributed by atoms with E-state index in [0.29, 0.717) is 5.92 Å². The number of hydrogen-bond acceptors (Lipinski definition) is 2. The SMILES string of the molecule is CC(O)C(O)CC1CC1. The lowest BCUT2D eigenvalue weighted by Gasteiger charge is -2.11. The molecule has 0 aliphatic heterocycles. The molecule has 0 heterocycles. The first-order valence-electron chi connectivity index (χ1n) is 3.56. The zero-order valence-corrected chi connectivity index (χ0v) is 5.75. The van der Waals surface area contributed by atoms with Crippen LogP contribution in [0.3, 0.4) is 0 Å². The molecule has 2 heteroatoms. The molecule has 2 N–H and O–H groups in total. The molecule has 0 aromatic heterocycles. The van der Waals surface area contributed by atoms with Crippen molar-refractivity contribution in [1.29, 1.82) is 0 Å². The summed E-state index contributed by atoms with van der Waals surface area (Å²) in [6.45, 7) is 1.63. The van der Waals surface area contributed by atoms with E-state index in [1.54, 1.807) is 6.92 Å². The smallest absolute Gasteiger partial charge is 0.0799 e. The summed E-state index contributed by atoms with van der Waals surface area (Å²) in [5.41, 5.74) is 0. The Kier molecular flexibility index (Phi) is 2.09. The highest BCUT2D eigenvalue weighted by Crippen LogP contribution is 2.33. The van der Waals surface area contributed by atoms with Crippen molar-refractivity contribution in [3.8, 4) is 0 Å². The van der Waals surface area contributed by atoms with Gasteiger partial charge in [0.15, 0.2) is 0 Å². The van der Waals surface area contributed by atoms with Crippen LogP contribution in [0, 0.1) is 5.92 Å². The van der Waals surface area contributed by atoms with Crippen LogP contribution in [0.1, 0.15) is 26.2 Å². The highest BCUT2D eigenvalue weighted by molar-refractivity contribution is 4.78. The van der Waals surface area contributed by atoms with Gasteiger partial charge in [-0.3, -0.25) is 0 Å². The van der Waals surface area contributed by atoms with Crippen molar-refractivity contribution in [3.05, 3.63) is 0 Å². The molecule has 1 saturated carbocycles. The van der Waals surface area contributed by atoms with Crippen LogP contribution in [0.4, 0.5) is 0 Å². The Bertz CT molecular complexity index is 86.9. The van der Waals surface area contributed by atoms with Gasteiger partial charge in [0.1, 0.15) is 0 Å². The van der Waals surface area contributed by atoms with Crippen molar-refractivity contribution in [1.82, 2.24) is 0 Å². The Morgan fingerprint density at radius 1 is 1.44 bits per heavy atom. The fraction of sp³-hybridized carbons (Fsp3) is 1.00. The van der Waals surface area contributed by atoms with E-state index in [9.17, 15) is 0 Å². The quantitative estimate of drug-likeness (QED) is 0.585. The van der Waals surface area contributed by atoms with E-state index in [1.807, 2.05) is 0 Å². The van der Waals surface area contributed by atoms with E-state index in [2.05, 4.69) is 0 Å². The maximum atomic E-state index is 9.09. The normalized spacial score (nSPS) is 25.7. The Morgan fingerprint density at radius 3 is 2.33 bits per heavy atom. The molecule has 0 saturated heterocycles. The van der Waals surface area contributed by atoms with Gasteiger partial charge < -0.3 is 10.2 Å². The van der Waals surface area contributed by atoms with Gasteiger partial charge in [-0.25, -0.2) is 0 Å². The summed E-state index contributed by atoms with van der Waals surface area (Å²) >= 11 is 0. The molecule has 1 aliphatic rings. The monoisotopic (exact) mass is 130 g/mol. The second kappa shape index (κ2) is 2.67. The minimum Gasteiger partial charge on any atom is -0.391 e. The summed E-state index contributed by atoms with van der Waals surface area (Å²) in [4.78, 5) is 0. The summed E-state index contributed by atoms with van der Waals surface area (Å²) in [5.74, 6) is 0.703. The van der Waals surface area contributed by atoms with Crippen LogP contribution < -0.4 is 0 Å². The molecule has 1 fully saturated rings. The van der Waals surface area contributed by atoms with Crippen LogP contribution in [-0.4, -0.2) is 22.4 Å². The zero-order valence-electron chi connectivity index (χ0n) is 5.75. The number of rotatable bonds is 3. The van der Waals surface area contributed by atoms with Crippen LogP contribution in [0.5, 0.6) is 0 Å². The van der Waals surface area contributed by atoms with Gasteiger partial charge in [0, 0.05) is 0 Å². The van der Waals surface area contributed by atoms with Gasteiger partial charge in [-0.15, -0.1) is 0 Å². The van der Waals surface area contributed by atoms with Gasteiger partial charge in [-0.2, -0.15) is 0 Å². The van der Waals surface area contributed by atoms with Crippen LogP contribution in [-0.2, 0) is 0 Å². The maximum absolute atomic E-state index is 9.09. The van der Waals surface area contributed by atoms with Gasteiger partial charge in [0.2, 0.25) is 0 Å².